The molecule has 2 N–H and O–H groups in total. The second kappa shape index (κ2) is 6.12. The highest BCUT2D eigenvalue weighted by molar-refractivity contribution is 7.99. The summed E-state index contributed by atoms with van der Waals surface area (Å²) < 4.78 is 10.5. The van der Waals surface area contributed by atoms with Gasteiger partial charge in [-0.2, -0.15) is 0 Å². The van der Waals surface area contributed by atoms with Crippen LogP contribution in [0.1, 0.15) is 23.4 Å². The molecule has 1 heterocycles. The average Bonchev–Trinajstić information content (AvgIpc) is 2.81. The minimum Gasteiger partial charge on any atom is -0.497 e. The van der Waals surface area contributed by atoms with Crippen LogP contribution in [0, 0.1) is 6.92 Å². The maximum atomic E-state index is 6.07. The molecule has 0 fully saturated rings. The molecule has 0 saturated carbocycles. The molecule has 1 aromatic carbocycles. The fourth-order valence-corrected chi connectivity index (χ4v) is 2.79. The van der Waals surface area contributed by atoms with Crippen LogP contribution in [-0.4, -0.2) is 18.1 Å². The van der Waals surface area contributed by atoms with E-state index in [1.807, 2.05) is 38.1 Å². The molecule has 19 heavy (non-hydrogen) atoms. The largest absolute Gasteiger partial charge is 0.497 e. The molecular formula is C14H18N2O2S. The molecule has 102 valence electrons. The van der Waals surface area contributed by atoms with Gasteiger partial charge >= 0.3 is 0 Å². The number of ether oxygens (including phenoxy) is 1. The van der Waals surface area contributed by atoms with E-state index in [9.17, 15) is 0 Å². The third-order valence-electron chi connectivity index (χ3n) is 2.75. The van der Waals surface area contributed by atoms with Crippen LogP contribution in [0.4, 0.5) is 0 Å². The lowest BCUT2D eigenvalue weighted by molar-refractivity contribution is 0.414. The zero-order valence-corrected chi connectivity index (χ0v) is 12.1. The van der Waals surface area contributed by atoms with Crippen LogP contribution in [0.5, 0.6) is 5.75 Å². The summed E-state index contributed by atoms with van der Waals surface area (Å²) in [7, 11) is 1.66. The monoisotopic (exact) mass is 278 g/mol. The van der Waals surface area contributed by atoms with Crippen molar-refractivity contribution in [2.45, 2.75) is 30.4 Å². The summed E-state index contributed by atoms with van der Waals surface area (Å²) >= 11 is 1.54. The molecule has 0 radical (unpaired) electrons. The van der Waals surface area contributed by atoms with Gasteiger partial charge in [0.25, 0.3) is 5.22 Å². The molecule has 5 heteroatoms. The van der Waals surface area contributed by atoms with Crippen LogP contribution in [-0.2, 0) is 0 Å². The van der Waals surface area contributed by atoms with Crippen LogP contribution in [0.15, 0.2) is 40.2 Å². The van der Waals surface area contributed by atoms with Crippen LogP contribution in [0.2, 0.25) is 0 Å². The van der Waals surface area contributed by atoms with E-state index in [1.165, 1.54) is 0 Å². The average molecular weight is 278 g/mol. The van der Waals surface area contributed by atoms with Crippen molar-refractivity contribution in [1.82, 2.24) is 4.98 Å². The first-order valence-electron chi connectivity index (χ1n) is 6.08. The molecule has 2 aromatic rings. The molecule has 2 rings (SSSR count). The van der Waals surface area contributed by atoms with E-state index in [4.69, 9.17) is 14.9 Å². The van der Waals surface area contributed by atoms with Gasteiger partial charge < -0.3 is 14.9 Å². The van der Waals surface area contributed by atoms with Gasteiger partial charge in [0.05, 0.1) is 18.1 Å². The molecule has 0 bridgehead atoms. The molecule has 2 atom stereocenters. The van der Waals surface area contributed by atoms with Crippen LogP contribution < -0.4 is 10.5 Å². The zero-order valence-electron chi connectivity index (χ0n) is 11.3. The summed E-state index contributed by atoms with van der Waals surface area (Å²) in [5.74, 6) is 0.837. The first-order chi connectivity index (χ1) is 9.10. The third-order valence-corrected chi connectivity index (χ3v) is 4.09. The third kappa shape index (κ3) is 3.52. The molecular weight excluding hydrogens is 260 g/mol. The maximum Gasteiger partial charge on any atom is 0.256 e. The highest BCUT2D eigenvalue weighted by Crippen LogP contribution is 2.37. The van der Waals surface area contributed by atoms with Crippen LogP contribution in [0.25, 0.3) is 0 Å². The lowest BCUT2D eigenvalue weighted by Gasteiger charge is -2.19. The first-order valence-corrected chi connectivity index (χ1v) is 6.96. The van der Waals surface area contributed by atoms with Gasteiger partial charge in [0.15, 0.2) is 0 Å². The fraction of sp³-hybridized carbons (Fsp3) is 0.357. The van der Waals surface area contributed by atoms with E-state index >= 15 is 0 Å². The van der Waals surface area contributed by atoms with E-state index in [0.29, 0.717) is 5.22 Å². The van der Waals surface area contributed by atoms with Gasteiger partial charge in [0.1, 0.15) is 12.0 Å². The van der Waals surface area contributed by atoms with Crippen molar-refractivity contribution in [2.75, 3.05) is 7.11 Å². The first kappa shape index (κ1) is 14.0. The summed E-state index contributed by atoms with van der Waals surface area (Å²) in [6.07, 6.45) is 1.65. The Bertz CT molecular complexity index is 522. The molecule has 2 unspecified atom stereocenters. The van der Waals surface area contributed by atoms with E-state index < -0.39 is 0 Å². The zero-order chi connectivity index (χ0) is 13.8. The summed E-state index contributed by atoms with van der Waals surface area (Å²) in [4.78, 5) is 4.31. The fourth-order valence-electron chi connectivity index (χ4n) is 1.77. The molecule has 0 aliphatic heterocycles. The molecule has 0 aliphatic carbocycles. The number of aryl methyl sites for hydroxylation is 1. The number of thioether (sulfide) groups is 1. The van der Waals surface area contributed by atoms with Gasteiger partial charge in [0, 0.05) is 6.04 Å². The van der Waals surface area contributed by atoms with Crippen molar-refractivity contribution in [3.8, 4) is 5.75 Å². The standard InChI is InChI=1S/C14H18N2O2S/c1-9-8-18-14(16-9)19-13(10(2)15)11-4-6-12(17-3)7-5-11/h4-8,10,13H,15H2,1-3H3. The number of nitrogens with two attached hydrogens (primary N) is 1. The van der Waals surface area contributed by atoms with Crippen molar-refractivity contribution < 1.29 is 9.15 Å². The Morgan fingerprint density at radius 1 is 1.32 bits per heavy atom. The molecule has 0 saturated heterocycles. The number of nitrogens with zero attached hydrogens (tertiary/aromatic N) is 1. The van der Waals surface area contributed by atoms with Crippen LogP contribution >= 0.6 is 11.8 Å². The van der Waals surface area contributed by atoms with Crippen molar-refractivity contribution in [3.05, 3.63) is 41.8 Å². The smallest absolute Gasteiger partial charge is 0.256 e. The minimum atomic E-state index is -0.00870. The Kier molecular flexibility index (Phi) is 4.50. The Morgan fingerprint density at radius 2 is 2.00 bits per heavy atom. The number of oxazole rings is 1. The summed E-state index contributed by atoms with van der Waals surface area (Å²) in [5.41, 5.74) is 8.08. The molecule has 0 aliphatic rings. The molecule has 4 nitrogen and oxygen atoms in total. The lowest BCUT2D eigenvalue weighted by Crippen LogP contribution is -2.22. The number of benzene rings is 1. The van der Waals surface area contributed by atoms with Crippen molar-refractivity contribution >= 4 is 11.8 Å². The Labute approximate surface area is 117 Å². The van der Waals surface area contributed by atoms with Gasteiger partial charge in [-0.15, -0.1) is 0 Å². The highest BCUT2D eigenvalue weighted by Gasteiger charge is 2.20. The van der Waals surface area contributed by atoms with E-state index in [-0.39, 0.29) is 11.3 Å². The SMILES string of the molecule is COc1ccc(C(Sc2nc(C)co2)C(C)N)cc1. The Hall–Kier alpha value is -1.46. The molecule has 0 spiro atoms. The van der Waals surface area contributed by atoms with Gasteiger partial charge in [-0.1, -0.05) is 23.9 Å². The highest BCUT2D eigenvalue weighted by atomic mass is 32.2. The number of hydrogen-bond donors (Lipinski definition) is 1. The van der Waals surface area contributed by atoms with Crippen LogP contribution in [0.3, 0.4) is 0 Å². The summed E-state index contributed by atoms with van der Waals surface area (Å²) in [6.45, 7) is 3.89. The number of hydrogen-bond acceptors (Lipinski definition) is 5. The van der Waals surface area contributed by atoms with Crippen molar-refractivity contribution in [1.29, 1.82) is 0 Å². The van der Waals surface area contributed by atoms with E-state index in [1.54, 1.807) is 25.1 Å². The lowest BCUT2D eigenvalue weighted by atomic mass is 10.1. The minimum absolute atomic E-state index is 0.00870. The van der Waals surface area contributed by atoms with Gasteiger partial charge in [-0.3, -0.25) is 0 Å². The second-order valence-electron chi connectivity index (χ2n) is 4.43. The number of methoxy groups -OCH3 is 1. The Balaban J connectivity index is 2.19. The quantitative estimate of drug-likeness (QED) is 0.851. The van der Waals surface area contributed by atoms with Crippen molar-refractivity contribution in [2.24, 2.45) is 5.73 Å². The number of rotatable bonds is 5. The topological polar surface area (TPSA) is 61.3 Å². The molecule has 0 amide bonds. The van der Waals surface area contributed by atoms with E-state index in [0.717, 1.165) is 17.0 Å². The summed E-state index contributed by atoms with van der Waals surface area (Å²) in [6, 6.07) is 7.91. The van der Waals surface area contributed by atoms with Gasteiger partial charge in [-0.25, -0.2) is 4.98 Å². The maximum absolute atomic E-state index is 6.07. The number of aromatic nitrogens is 1. The normalized spacial score (nSPS) is 14.1. The van der Waals surface area contributed by atoms with E-state index in [2.05, 4.69) is 4.98 Å². The summed E-state index contributed by atoms with van der Waals surface area (Å²) in [5, 5.41) is 0.750. The molecule has 1 aromatic heterocycles. The predicted molar refractivity (Wildman–Crippen MR) is 76.5 cm³/mol. The Morgan fingerprint density at radius 3 is 2.47 bits per heavy atom. The van der Waals surface area contributed by atoms with Gasteiger partial charge in [0.2, 0.25) is 0 Å². The van der Waals surface area contributed by atoms with Gasteiger partial charge in [-0.05, 0) is 31.5 Å². The second-order valence-corrected chi connectivity index (χ2v) is 5.52. The predicted octanol–water partition coefficient (Wildman–Crippen LogP) is 3.17. The van der Waals surface area contributed by atoms with Crippen molar-refractivity contribution in [3.63, 3.8) is 0 Å².